The Morgan fingerprint density at radius 1 is 1.60 bits per heavy atom. The first-order valence-electron chi connectivity index (χ1n) is 5.50. The maximum Gasteiger partial charge on any atom is 0.125 e. The van der Waals surface area contributed by atoms with Crippen LogP contribution in [0.25, 0.3) is 0 Å². The van der Waals surface area contributed by atoms with E-state index in [1.807, 2.05) is 19.4 Å². The summed E-state index contributed by atoms with van der Waals surface area (Å²) in [5.74, 6) is 1.11. The Morgan fingerprint density at radius 3 is 3.00 bits per heavy atom. The number of imidazole rings is 1. The summed E-state index contributed by atoms with van der Waals surface area (Å²) >= 11 is 0. The molecule has 1 atom stereocenters. The first-order chi connectivity index (χ1) is 7.33. The van der Waals surface area contributed by atoms with Gasteiger partial charge in [-0.15, -0.1) is 0 Å². The molecule has 0 aliphatic carbocycles. The van der Waals surface area contributed by atoms with Crippen LogP contribution in [0.3, 0.4) is 0 Å². The van der Waals surface area contributed by atoms with E-state index in [0.29, 0.717) is 0 Å². The number of nitrogens with zero attached hydrogens (tertiary/aromatic N) is 2. The van der Waals surface area contributed by atoms with Crippen molar-refractivity contribution in [2.24, 2.45) is 0 Å². The molecule has 1 heterocycles. The maximum atomic E-state index is 5.10. The molecule has 1 N–H and O–H groups in total. The zero-order valence-corrected chi connectivity index (χ0v) is 9.86. The normalized spacial score (nSPS) is 13.0. The average molecular weight is 211 g/mol. The Labute approximate surface area is 91.7 Å². The fourth-order valence-corrected chi connectivity index (χ4v) is 1.70. The molecular formula is C11H21N3O. The predicted molar refractivity (Wildman–Crippen MR) is 60.8 cm³/mol. The van der Waals surface area contributed by atoms with Gasteiger partial charge >= 0.3 is 0 Å². The number of ether oxygens (including phenoxy) is 1. The molecule has 0 aliphatic heterocycles. The Morgan fingerprint density at radius 2 is 2.40 bits per heavy atom. The van der Waals surface area contributed by atoms with Crippen molar-refractivity contribution in [3.8, 4) is 0 Å². The maximum absolute atomic E-state index is 5.10. The highest BCUT2D eigenvalue weighted by molar-refractivity contribution is 4.99. The van der Waals surface area contributed by atoms with E-state index in [0.717, 1.165) is 31.8 Å². The van der Waals surface area contributed by atoms with Crippen LogP contribution in [0.5, 0.6) is 0 Å². The molecule has 4 nitrogen and oxygen atoms in total. The highest BCUT2D eigenvalue weighted by Crippen LogP contribution is 2.14. The molecule has 0 aromatic carbocycles. The van der Waals surface area contributed by atoms with Gasteiger partial charge in [-0.1, -0.05) is 6.92 Å². The standard InChI is InChI=1S/C11H21N3O/c1-4-7-14-8-6-13-11(14)10(12-2)5-9-15-3/h6,8,10,12H,4-5,7,9H2,1-3H3. The lowest BCUT2D eigenvalue weighted by molar-refractivity contribution is 0.182. The quantitative estimate of drug-likeness (QED) is 0.744. The first-order valence-corrected chi connectivity index (χ1v) is 5.50. The molecule has 0 fully saturated rings. The van der Waals surface area contributed by atoms with Gasteiger partial charge in [0.05, 0.1) is 6.04 Å². The second kappa shape index (κ2) is 6.58. The molecule has 15 heavy (non-hydrogen) atoms. The van der Waals surface area contributed by atoms with Gasteiger partial charge in [-0.3, -0.25) is 0 Å². The van der Waals surface area contributed by atoms with Crippen molar-refractivity contribution < 1.29 is 4.74 Å². The van der Waals surface area contributed by atoms with Crippen molar-refractivity contribution in [2.75, 3.05) is 20.8 Å². The van der Waals surface area contributed by atoms with Gasteiger partial charge in [0.25, 0.3) is 0 Å². The summed E-state index contributed by atoms with van der Waals surface area (Å²) in [6.45, 7) is 3.96. The van der Waals surface area contributed by atoms with E-state index >= 15 is 0 Å². The van der Waals surface area contributed by atoms with Crippen molar-refractivity contribution in [2.45, 2.75) is 32.4 Å². The number of aromatic nitrogens is 2. The van der Waals surface area contributed by atoms with Gasteiger partial charge in [0.1, 0.15) is 5.82 Å². The third-order valence-electron chi connectivity index (χ3n) is 2.48. The van der Waals surface area contributed by atoms with E-state index in [4.69, 9.17) is 4.74 Å². The molecule has 1 rings (SSSR count). The molecule has 0 saturated heterocycles. The van der Waals surface area contributed by atoms with Crippen LogP contribution in [0, 0.1) is 0 Å². The van der Waals surface area contributed by atoms with E-state index in [-0.39, 0.29) is 6.04 Å². The summed E-state index contributed by atoms with van der Waals surface area (Å²) in [4.78, 5) is 4.40. The van der Waals surface area contributed by atoms with E-state index in [1.165, 1.54) is 0 Å². The fraction of sp³-hybridized carbons (Fsp3) is 0.727. The predicted octanol–water partition coefficient (Wildman–Crippen LogP) is 1.59. The smallest absolute Gasteiger partial charge is 0.125 e. The van der Waals surface area contributed by atoms with E-state index in [2.05, 4.69) is 21.8 Å². The molecule has 86 valence electrons. The van der Waals surface area contributed by atoms with Crippen LogP contribution >= 0.6 is 0 Å². The van der Waals surface area contributed by atoms with Crippen LogP contribution in [-0.2, 0) is 11.3 Å². The van der Waals surface area contributed by atoms with Gasteiger partial charge in [-0.05, 0) is 19.9 Å². The van der Waals surface area contributed by atoms with Crippen LogP contribution in [-0.4, -0.2) is 30.3 Å². The molecule has 1 unspecified atom stereocenters. The van der Waals surface area contributed by atoms with Crippen LogP contribution in [0.15, 0.2) is 12.4 Å². The van der Waals surface area contributed by atoms with Crippen molar-refractivity contribution in [1.29, 1.82) is 0 Å². The number of aryl methyl sites for hydroxylation is 1. The Kier molecular flexibility index (Phi) is 5.36. The van der Waals surface area contributed by atoms with Crippen molar-refractivity contribution in [1.82, 2.24) is 14.9 Å². The van der Waals surface area contributed by atoms with Crippen LogP contribution in [0.2, 0.25) is 0 Å². The highest BCUT2D eigenvalue weighted by atomic mass is 16.5. The Bertz CT molecular complexity index is 273. The lowest BCUT2D eigenvalue weighted by Crippen LogP contribution is -2.22. The molecule has 0 bridgehead atoms. The largest absolute Gasteiger partial charge is 0.385 e. The number of hydrogen-bond donors (Lipinski definition) is 1. The number of hydrogen-bond acceptors (Lipinski definition) is 3. The summed E-state index contributed by atoms with van der Waals surface area (Å²) in [5.41, 5.74) is 0. The molecule has 0 spiro atoms. The van der Waals surface area contributed by atoms with Crippen molar-refractivity contribution in [3.05, 3.63) is 18.2 Å². The highest BCUT2D eigenvalue weighted by Gasteiger charge is 2.14. The lowest BCUT2D eigenvalue weighted by atomic mass is 10.2. The summed E-state index contributed by atoms with van der Waals surface area (Å²) in [6.07, 6.45) is 5.98. The van der Waals surface area contributed by atoms with Gasteiger partial charge in [-0.2, -0.15) is 0 Å². The Hall–Kier alpha value is -0.870. The third kappa shape index (κ3) is 3.32. The monoisotopic (exact) mass is 211 g/mol. The van der Waals surface area contributed by atoms with Gasteiger partial charge in [0.15, 0.2) is 0 Å². The summed E-state index contributed by atoms with van der Waals surface area (Å²) < 4.78 is 7.30. The topological polar surface area (TPSA) is 39.1 Å². The molecule has 0 amide bonds. The minimum absolute atomic E-state index is 0.284. The number of rotatable bonds is 7. The molecule has 0 saturated carbocycles. The van der Waals surface area contributed by atoms with Crippen LogP contribution < -0.4 is 5.32 Å². The van der Waals surface area contributed by atoms with Crippen LogP contribution in [0.4, 0.5) is 0 Å². The minimum atomic E-state index is 0.284. The molecule has 0 radical (unpaired) electrons. The van der Waals surface area contributed by atoms with E-state index in [9.17, 15) is 0 Å². The minimum Gasteiger partial charge on any atom is -0.385 e. The van der Waals surface area contributed by atoms with Gasteiger partial charge in [0, 0.05) is 32.7 Å². The molecule has 0 aliphatic rings. The number of nitrogens with one attached hydrogen (secondary N) is 1. The molecule has 1 aromatic rings. The SMILES string of the molecule is CCCn1ccnc1C(CCOC)NC. The molecule has 1 aromatic heterocycles. The zero-order chi connectivity index (χ0) is 11.1. The second-order valence-corrected chi connectivity index (χ2v) is 3.60. The van der Waals surface area contributed by atoms with E-state index < -0.39 is 0 Å². The summed E-state index contributed by atoms with van der Waals surface area (Å²) in [6, 6.07) is 0.284. The van der Waals surface area contributed by atoms with Crippen LogP contribution in [0.1, 0.15) is 31.6 Å². The molecular weight excluding hydrogens is 190 g/mol. The summed E-state index contributed by atoms with van der Waals surface area (Å²) in [5, 5.41) is 3.27. The van der Waals surface area contributed by atoms with Gasteiger partial charge in [-0.25, -0.2) is 4.98 Å². The van der Waals surface area contributed by atoms with Gasteiger partial charge in [0.2, 0.25) is 0 Å². The summed E-state index contributed by atoms with van der Waals surface area (Å²) in [7, 11) is 3.69. The van der Waals surface area contributed by atoms with Gasteiger partial charge < -0.3 is 14.6 Å². The van der Waals surface area contributed by atoms with Crippen molar-refractivity contribution in [3.63, 3.8) is 0 Å². The second-order valence-electron chi connectivity index (χ2n) is 3.60. The first kappa shape index (κ1) is 12.2. The van der Waals surface area contributed by atoms with E-state index in [1.54, 1.807) is 7.11 Å². The average Bonchev–Trinajstić information content (AvgIpc) is 2.68. The number of methoxy groups -OCH3 is 1. The van der Waals surface area contributed by atoms with Crippen molar-refractivity contribution >= 4 is 0 Å². The lowest BCUT2D eigenvalue weighted by Gasteiger charge is -2.16. The zero-order valence-electron chi connectivity index (χ0n) is 9.86. The third-order valence-corrected chi connectivity index (χ3v) is 2.48. The molecule has 4 heteroatoms. The Balaban J connectivity index is 2.67. The fourth-order valence-electron chi connectivity index (χ4n) is 1.70.